The third-order valence-corrected chi connectivity index (χ3v) is 2.11. The molecule has 1 heterocycles. The van der Waals surface area contributed by atoms with Crippen LogP contribution in [0.4, 0.5) is 4.79 Å². The molecule has 0 spiro atoms. The second-order valence-electron chi connectivity index (χ2n) is 2.77. The van der Waals surface area contributed by atoms with Gasteiger partial charge in [0.25, 0.3) is 5.19 Å². The molecule has 78 valence electrons. The molecule has 7 heteroatoms. The van der Waals surface area contributed by atoms with Gasteiger partial charge in [-0.25, -0.2) is 9.59 Å². The standard InChI is InChI=1S/C7H11N3O3S/c1-4(2)13-7-9-6(12)10(14-7)5(11)8-3/h4H,1-3H3,(H,8,11). The number of hydrogen-bond acceptors (Lipinski definition) is 5. The van der Waals surface area contributed by atoms with Crippen LogP contribution >= 0.6 is 11.5 Å². The van der Waals surface area contributed by atoms with Crippen molar-refractivity contribution in [2.45, 2.75) is 20.0 Å². The first-order valence-corrected chi connectivity index (χ1v) is 4.81. The quantitative estimate of drug-likeness (QED) is 0.772. The van der Waals surface area contributed by atoms with Gasteiger partial charge in [-0.05, 0) is 13.8 Å². The van der Waals surface area contributed by atoms with Crippen LogP contribution in [0.15, 0.2) is 4.79 Å². The SMILES string of the molecule is CNC(=O)n1sc(OC(C)C)nc1=O. The van der Waals surface area contributed by atoms with Crippen LogP contribution in [0.5, 0.6) is 5.19 Å². The topological polar surface area (TPSA) is 73.2 Å². The second-order valence-corrected chi connectivity index (χ2v) is 3.66. The summed E-state index contributed by atoms with van der Waals surface area (Å²) in [6.45, 7) is 3.63. The van der Waals surface area contributed by atoms with E-state index in [1.807, 2.05) is 13.8 Å². The third-order valence-electron chi connectivity index (χ3n) is 1.26. The zero-order valence-electron chi connectivity index (χ0n) is 8.10. The number of nitrogens with one attached hydrogen (secondary N) is 1. The lowest BCUT2D eigenvalue weighted by Gasteiger charge is -2.03. The van der Waals surface area contributed by atoms with Crippen molar-refractivity contribution in [3.05, 3.63) is 10.5 Å². The number of carbonyl (C=O) groups is 1. The monoisotopic (exact) mass is 217 g/mol. The minimum absolute atomic E-state index is 0.0707. The van der Waals surface area contributed by atoms with Crippen LogP contribution < -0.4 is 15.7 Å². The zero-order valence-corrected chi connectivity index (χ0v) is 8.92. The third kappa shape index (κ3) is 2.32. The van der Waals surface area contributed by atoms with E-state index in [1.54, 1.807) is 0 Å². The van der Waals surface area contributed by atoms with Crippen LogP contribution in [-0.4, -0.2) is 28.1 Å². The van der Waals surface area contributed by atoms with Crippen LogP contribution in [0, 0.1) is 0 Å². The van der Waals surface area contributed by atoms with Crippen molar-refractivity contribution < 1.29 is 9.53 Å². The molecular formula is C7H11N3O3S. The van der Waals surface area contributed by atoms with Gasteiger partial charge in [0.1, 0.15) is 0 Å². The molecule has 0 atom stereocenters. The molecule has 1 N–H and O–H groups in total. The highest BCUT2D eigenvalue weighted by Crippen LogP contribution is 2.12. The summed E-state index contributed by atoms with van der Waals surface area (Å²) in [6, 6.07) is -0.508. The molecule has 6 nitrogen and oxygen atoms in total. The van der Waals surface area contributed by atoms with Gasteiger partial charge in [0.15, 0.2) is 0 Å². The van der Waals surface area contributed by atoms with Crippen LogP contribution in [0.3, 0.4) is 0 Å². The van der Waals surface area contributed by atoms with E-state index in [2.05, 4.69) is 10.3 Å². The van der Waals surface area contributed by atoms with Gasteiger partial charge in [0.05, 0.1) is 6.10 Å². The Morgan fingerprint density at radius 1 is 1.64 bits per heavy atom. The smallest absolute Gasteiger partial charge is 0.369 e. The number of ether oxygens (including phenoxy) is 1. The van der Waals surface area contributed by atoms with E-state index in [4.69, 9.17) is 4.74 Å². The Balaban J connectivity index is 2.93. The summed E-state index contributed by atoms with van der Waals surface area (Å²) in [4.78, 5) is 25.8. The Hall–Kier alpha value is -1.37. The van der Waals surface area contributed by atoms with E-state index in [0.29, 0.717) is 0 Å². The van der Waals surface area contributed by atoms with Crippen LogP contribution in [0.2, 0.25) is 0 Å². The van der Waals surface area contributed by atoms with Crippen molar-refractivity contribution in [2.24, 2.45) is 0 Å². The predicted octanol–water partition coefficient (Wildman–Crippen LogP) is 0.279. The summed E-state index contributed by atoms with van der Waals surface area (Å²) in [6.07, 6.45) is -0.0707. The Morgan fingerprint density at radius 3 is 2.79 bits per heavy atom. The zero-order chi connectivity index (χ0) is 10.7. The second kappa shape index (κ2) is 4.23. The van der Waals surface area contributed by atoms with E-state index in [0.717, 1.165) is 15.5 Å². The summed E-state index contributed by atoms with van der Waals surface area (Å²) < 4.78 is 6.08. The lowest BCUT2D eigenvalue weighted by molar-refractivity contribution is 0.241. The van der Waals surface area contributed by atoms with Gasteiger partial charge < -0.3 is 10.1 Å². The minimum atomic E-state index is -0.620. The summed E-state index contributed by atoms with van der Waals surface area (Å²) in [5.74, 6) is 0. The van der Waals surface area contributed by atoms with Gasteiger partial charge in [-0.3, -0.25) is 0 Å². The highest BCUT2D eigenvalue weighted by Gasteiger charge is 2.13. The first-order valence-electron chi connectivity index (χ1n) is 4.03. The maximum atomic E-state index is 11.1. The summed E-state index contributed by atoms with van der Waals surface area (Å²) in [7, 11) is 1.44. The molecule has 0 aliphatic heterocycles. The molecule has 1 rings (SSSR count). The summed E-state index contributed by atoms with van der Waals surface area (Å²) >= 11 is 0.879. The molecule has 0 radical (unpaired) electrons. The van der Waals surface area contributed by atoms with Crippen molar-refractivity contribution in [3.63, 3.8) is 0 Å². The lowest BCUT2D eigenvalue weighted by atomic mass is 10.5. The molecule has 0 unspecified atom stereocenters. The first kappa shape index (κ1) is 10.7. The van der Waals surface area contributed by atoms with Crippen molar-refractivity contribution in [3.8, 4) is 5.19 Å². The van der Waals surface area contributed by atoms with Gasteiger partial charge >= 0.3 is 11.7 Å². The maximum absolute atomic E-state index is 11.1. The number of carbonyl (C=O) groups excluding carboxylic acids is 1. The molecule has 0 saturated carbocycles. The fourth-order valence-corrected chi connectivity index (χ4v) is 1.54. The number of amides is 1. The molecule has 0 aliphatic carbocycles. The Bertz CT molecular complexity index is 382. The van der Waals surface area contributed by atoms with E-state index in [-0.39, 0.29) is 11.3 Å². The molecule has 1 aromatic heterocycles. The molecular weight excluding hydrogens is 206 g/mol. The first-order chi connectivity index (χ1) is 6.54. The highest BCUT2D eigenvalue weighted by molar-refractivity contribution is 7.09. The fraction of sp³-hybridized carbons (Fsp3) is 0.571. The van der Waals surface area contributed by atoms with Crippen LogP contribution in [-0.2, 0) is 0 Å². The van der Waals surface area contributed by atoms with Gasteiger partial charge in [-0.15, -0.1) is 4.98 Å². The molecule has 0 fully saturated rings. The number of aromatic nitrogens is 2. The van der Waals surface area contributed by atoms with Crippen molar-refractivity contribution in [2.75, 3.05) is 7.05 Å². The minimum Gasteiger partial charge on any atom is -0.466 e. The number of hydrogen-bond donors (Lipinski definition) is 1. The lowest BCUT2D eigenvalue weighted by Crippen LogP contribution is -2.30. The Morgan fingerprint density at radius 2 is 2.29 bits per heavy atom. The highest BCUT2D eigenvalue weighted by atomic mass is 32.1. The predicted molar refractivity (Wildman–Crippen MR) is 52.0 cm³/mol. The summed E-state index contributed by atoms with van der Waals surface area (Å²) in [5, 5.41) is 2.53. The molecule has 14 heavy (non-hydrogen) atoms. The van der Waals surface area contributed by atoms with E-state index < -0.39 is 11.7 Å². The average Bonchev–Trinajstić information content (AvgIpc) is 2.44. The largest absolute Gasteiger partial charge is 0.466 e. The van der Waals surface area contributed by atoms with Crippen LogP contribution in [0.25, 0.3) is 0 Å². The van der Waals surface area contributed by atoms with Gasteiger partial charge in [-0.1, -0.05) is 0 Å². The van der Waals surface area contributed by atoms with E-state index in [1.165, 1.54) is 7.05 Å². The molecule has 1 amide bonds. The fourth-order valence-electron chi connectivity index (χ4n) is 0.740. The number of nitrogens with zero attached hydrogens (tertiary/aromatic N) is 2. The van der Waals surface area contributed by atoms with Gasteiger partial charge in [-0.2, -0.15) is 3.96 Å². The molecule has 0 saturated heterocycles. The average molecular weight is 217 g/mol. The van der Waals surface area contributed by atoms with Crippen molar-refractivity contribution >= 4 is 17.6 Å². The molecule has 1 aromatic rings. The van der Waals surface area contributed by atoms with E-state index >= 15 is 0 Å². The summed E-state index contributed by atoms with van der Waals surface area (Å²) in [5.41, 5.74) is -0.620. The number of rotatable bonds is 2. The Labute approximate surface area is 84.7 Å². The maximum Gasteiger partial charge on any atom is 0.369 e. The molecule has 0 bridgehead atoms. The van der Waals surface area contributed by atoms with Crippen LogP contribution in [0.1, 0.15) is 13.8 Å². The van der Waals surface area contributed by atoms with Gasteiger partial charge in [0.2, 0.25) is 0 Å². The Kier molecular flexibility index (Phi) is 3.23. The molecule has 0 aliphatic rings. The van der Waals surface area contributed by atoms with Crippen molar-refractivity contribution in [1.29, 1.82) is 0 Å². The molecule has 0 aromatic carbocycles. The van der Waals surface area contributed by atoms with Gasteiger partial charge in [0, 0.05) is 18.6 Å². The normalized spacial score (nSPS) is 10.3. The van der Waals surface area contributed by atoms with E-state index in [9.17, 15) is 9.59 Å². The van der Waals surface area contributed by atoms with Crippen molar-refractivity contribution in [1.82, 2.24) is 14.3 Å².